The van der Waals surface area contributed by atoms with Crippen molar-refractivity contribution >= 4 is 21.4 Å². The number of hydrogen-bond donors (Lipinski definition) is 3. The van der Waals surface area contributed by atoms with Crippen LogP contribution in [0.15, 0.2) is 12.1 Å². The zero-order valence-electron chi connectivity index (χ0n) is 10.6. The average Bonchev–Trinajstić information content (AvgIpc) is 2.33. The molecule has 0 spiro atoms. The van der Waals surface area contributed by atoms with Crippen molar-refractivity contribution in [2.24, 2.45) is 0 Å². The molecule has 1 aliphatic rings. The SMILES string of the molecule is CS(=O)(=O)NCCNc1cc2c(cc1N)OCCO2. The second-order valence-electron chi connectivity index (χ2n) is 4.18. The lowest BCUT2D eigenvalue weighted by molar-refractivity contribution is 0.172. The van der Waals surface area contributed by atoms with E-state index >= 15 is 0 Å². The largest absolute Gasteiger partial charge is 0.486 e. The lowest BCUT2D eigenvalue weighted by atomic mass is 10.2. The van der Waals surface area contributed by atoms with Crippen LogP contribution in [0.2, 0.25) is 0 Å². The Morgan fingerprint density at radius 2 is 1.84 bits per heavy atom. The first kappa shape index (κ1) is 13.8. The molecule has 2 rings (SSSR count). The van der Waals surface area contributed by atoms with Crippen molar-refractivity contribution in [3.05, 3.63) is 12.1 Å². The van der Waals surface area contributed by atoms with Gasteiger partial charge in [0.05, 0.1) is 17.6 Å². The van der Waals surface area contributed by atoms with E-state index in [9.17, 15) is 8.42 Å². The highest BCUT2D eigenvalue weighted by molar-refractivity contribution is 7.88. The molecule has 8 heteroatoms. The number of ether oxygens (including phenoxy) is 2. The van der Waals surface area contributed by atoms with E-state index in [2.05, 4.69) is 10.0 Å². The number of nitrogens with one attached hydrogen (secondary N) is 2. The van der Waals surface area contributed by atoms with E-state index in [1.807, 2.05) is 0 Å². The molecule has 0 bridgehead atoms. The summed E-state index contributed by atoms with van der Waals surface area (Å²) in [6.07, 6.45) is 1.12. The van der Waals surface area contributed by atoms with Gasteiger partial charge in [-0.3, -0.25) is 0 Å². The third-order valence-corrected chi connectivity index (χ3v) is 3.25. The van der Waals surface area contributed by atoms with Gasteiger partial charge in [-0.25, -0.2) is 13.1 Å². The van der Waals surface area contributed by atoms with Gasteiger partial charge >= 0.3 is 0 Å². The number of sulfonamides is 1. The lowest BCUT2D eigenvalue weighted by Crippen LogP contribution is -2.27. The first-order valence-corrected chi connectivity index (χ1v) is 7.72. The minimum Gasteiger partial charge on any atom is -0.486 e. The zero-order valence-corrected chi connectivity index (χ0v) is 11.4. The van der Waals surface area contributed by atoms with Crippen molar-refractivity contribution in [1.29, 1.82) is 0 Å². The molecule has 0 amide bonds. The Balaban J connectivity index is 1.97. The highest BCUT2D eigenvalue weighted by Crippen LogP contribution is 2.36. The molecule has 1 heterocycles. The Morgan fingerprint density at radius 3 is 2.47 bits per heavy atom. The van der Waals surface area contributed by atoms with Crippen LogP contribution in [0, 0.1) is 0 Å². The number of anilines is 2. The van der Waals surface area contributed by atoms with Gasteiger partial charge in [0, 0.05) is 25.2 Å². The first-order valence-electron chi connectivity index (χ1n) is 5.83. The molecule has 0 aromatic heterocycles. The molecule has 1 aliphatic heterocycles. The van der Waals surface area contributed by atoms with Crippen LogP contribution in [0.4, 0.5) is 11.4 Å². The second-order valence-corrected chi connectivity index (χ2v) is 6.01. The quantitative estimate of drug-likeness (QED) is 0.520. The van der Waals surface area contributed by atoms with Crippen LogP contribution in [0.3, 0.4) is 0 Å². The van der Waals surface area contributed by atoms with Gasteiger partial charge in [-0.05, 0) is 0 Å². The van der Waals surface area contributed by atoms with Crippen LogP contribution in [0.1, 0.15) is 0 Å². The summed E-state index contributed by atoms with van der Waals surface area (Å²) in [5.41, 5.74) is 7.10. The van der Waals surface area contributed by atoms with Gasteiger partial charge in [0.25, 0.3) is 0 Å². The molecule has 0 unspecified atom stereocenters. The van der Waals surface area contributed by atoms with Crippen molar-refractivity contribution in [3.63, 3.8) is 0 Å². The summed E-state index contributed by atoms with van der Waals surface area (Å²) in [6.45, 7) is 1.73. The Hall–Kier alpha value is -1.67. The topological polar surface area (TPSA) is 103 Å². The number of rotatable bonds is 5. The first-order chi connectivity index (χ1) is 8.96. The van der Waals surface area contributed by atoms with E-state index in [1.54, 1.807) is 12.1 Å². The standard InChI is InChI=1S/C11H17N3O4S/c1-19(15,16)14-3-2-13-9-7-11-10(6-8(9)12)17-4-5-18-11/h6-7,13-14H,2-5,12H2,1H3. The Labute approximate surface area is 112 Å². The molecular formula is C11H17N3O4S. The van der Waals surface area contributed by atoms with Gasteiger partial charge in [-0.2, -0.15) is 0 Å². The summed E-state index contributed by atoms with van der Waals surface area (Å²) in [5.74, 6) is 1.27. The fourth-order valence-corrected chi connectivity index (χ4v) is 2.16. The van der Waals surface area contributed by atoms with Gasteiger partial charge in [-0.15, -0.1) is 0 Å². The number of fused-ring (bicyclic) bond motifs is 1. The molecule has 1 aromatic rings. The van der Waals surface area contributed by atoms with E-state index in [0.29, 0.717) is 42.6 Å². The molecule has 0 fully saturated rings. The van der Waals surface area contributed by atoms with Crippen LogP contribution >= 0.6 is 0 Å². The fraction of sp³-hybridized carbons (Fsp3) is 0.455. The van der Waals surface area contributed by atoms with Crippen molar-refractivity contribution in [1.82, 2.24) is 4.72 Å². The summed E-state index contributed by atoms with van der Waals surface area (Å²) < 4.78 is 35.0. The number of hydrogen-bond acceptors (Lipinski definition) is 6. The van der Waals surface area contributed by atoms with E-state index in [0.717, 1.165) is 6.26 Å². The molecule has 106 valence electrons. The normalized spacial score (nSPS) is 14.2. The van der Waals surface area contributed by atoms with Crippen LogP contribution in [-0.2, 0) is 10.0 Å². The molecule has 0 saturated heterocycles. The van der Waals surface area contributed by atoms with Crippen LogP contribution in [0.25, 0.3) is 0 Å². The molecule has 1 aromatic carbocycles. The van der Waals surface area contributed by atoms with E-state index < -0.39 is 10.0 Å². The molecule has 4 N–H and O–H groups in total. The molecule has 0 radical (unpaired) electrons. The van der Waals surface area contributed by atoms with Gasteiger partial charge < -0.3 is 20.5 Å². The third-order valence-electron chi connectivity index (χ3n) is 2.52. The van der Waals surface area contributed by atoms with Crippen molar-refractivity contribution in [3.8, 4) is 11.5 Å². The second kappa shape index (κ2) is 5.54. The summed E-state index contributed by atoms with van der Waals surface area (Å²) >= 11 is 0. The average molecular weight is 287 g/mol. The molecule has 0 atom stereocenters. The summed E-state index contributed by atoms with van der Waals surface area (Å²) in [6, 6.07) is 3.45. The Morgan fingerprint density at radius 1 is 1.21 bits per heavy atom. The molecule has 0 aliphatic carbocycles. The van der Waals surface area contributed by atoms with Gasteiger partial charge in [0.15, 0.2) is 11.5 Å². The maximum atomic E-state index is 10.9. The monoisotopic (exact) mass is 287 g/mol. The summed E-state index contributed by atoms with van der Waals surface area (Å²) in [7, 11) is -3.17. The van der Waals surface area contributed by atoms with Gasteiger partial charge in [0.1, 0.15) is 13.2 Å². The predicted octanol–water partition coefficient (Wildman–Crippen LogP) is 0.00110. The summed E-state index contributed by atoms with van der Waals surface area (Å²) in [5, 5.41) is 3.05. The zero-order chi connectivity index (χ0) is 13.9. The maximum Gasteiger partial charge on any atom is 0.208 e. The Kier molecular flexibility index (Phi) is 4.01. The van der Waals surface area contributed by atoms with E-state index in [-0.39, 0.29) is 6.54 Å². The lowest BCUT2D eigenvalue weighted by Gasteiger charge is -2.20. The molecule has 0 saturated carbocycles. The molecular weight excluding hydrogens is 270 g/mol. The van der Waals surface area contributed by atoms with Crippen LogP contribution in [0.5, 0.6) is 11.5 Å². The highest BCUT2D eigenvalue weighted by Gasteiger charge is 2.14. The highest BCUT2D eigenvalue weighted by atomic mass is 32.2. The number of nitrogens with two attached hydrogens (primary N) is 1. The molecule has 7 nitrogen and oxygen atoms in total. The van der Waals surface area contributed by atoms with Gasteiger partial charge in [-0.1, -0.05) is 0 Å². The van der Waals surface area contributed by atoms with Crippen molar-refractivity contribution < 1.29 is 17.9 Å². The minimum absolute atomic E-state index is 0.284. The van der Waals surface area contributed by atoms with Gasteiger partial charge in [0.2, 0.25) is 10.0 Å². The van der Waals surface area contributed by atoms with Crippen molar-refractivity contribution in [2.75, 3.05) is 43.6 Å². The molecule has 19 heavy (non-hydrogen) atoms. The number of benzene rings is 1. The van der Waals surface area contributed by atoms with Crippen molar-refractivity contribution in [2.45, 2.75) is 0 Å². The fourth-order valence-electron chi connectivity index (χ4n) is 1.69. The Bertz CT molecular complexity index is 559. The minimum atomic E-state index is -3.17. The predicted molar refractivity (Wildman–Crippen MR) is 73.2 cm³/mol. The number of nitrogen functional groups attached to an aromatic ring is 1. The summed E-state index contributed by atoms with van der Waals surface area (Å²) in [4.78, 5) is 0. The maximum absolute atomic E-state index is 10.9. The van der Waals surface area contributed by atoms with E-state index in [4.69, 9.17) is 15.2 Å². The van der Waals surface area contributed by atoms with Crippen LogP contribution in [-0.4, -0.2) is 41.0 Å². The smallest absolute Gasteiger partial charge is 0.208 e. The van der Waals surface area contributed by atoms with Crippen LogP contribution < -0.4 is 25.2 Å². The third kappa shape index (κ3) is 3.90. The van der Waals surface area contributed by atoms with E-state index in [1.165, 1.54) is 0 Å².